The zero-order valence-corrected chi connectivity index (χ0v) is 9.24. The van der Waals surface area contributed by atoms with E-state index in [2.05, 4.69) is 11.9 Å². The molecule has 1 aromatic carbocycles. The number of rotatable bonds is 4. The van der Waals surface area contributed by atoms with Crippen LogP contribution in [0.1, 0.15) is 31.6 Å². The molecule has 0 aliphatic carbocycles. The number of halogens is 1. The van der Waals surface area contributed by atoms with Crippen LogP contribution in [0.2, 0.25) is 0 Å². The standard InChI is InChI=1S/C12H15FN2O/c1-2-3-8(7-14)12-15-10-6-9(13)4-5-11(10)16-12/h4-6,8H,2-3,7,14H2,1H3. The van der Waals surface area contributed by atoms with Crippen LogP contribution in [0.15, 0.2) is 22.6 Å². The minimum atomic E-state index is -0.299. The molecule has 2 rings (SSSR count). The van der Waals surface area contributed by atoms with Gasteiger partial charge in [-0.25, -0.2) is 9.37 Å². The van der Waals surface area contributed by atoms with Crippen molar-refractivity contribution in [2.75, 3.05) is 6.54 Å². The van der Waals surface area contributed by atoms with Gasteiger partial charge in [0.2, 0.25) is 0 Å². The topological polar surface area (TPSA) is 52.0 Å². The summed E-state index contributed by atoms with van der Waals surface area (Å²) in [6, 6.07) is 4.34. The molecule has 2 N–H and O–H groups in total. The molecule has 86 valence electrons. The Morgan fingerprint density at radius 1 is 1.50 bits per heavy atom. The van der Waals surface area contributed by atoms with Crippen molar-refractivity contribution < 1.29 is 8.81 Å². The van der Waals surface area contributed by atoms with Gasteiger partial charge in [-0.05, 0) is 18.6 Å². The van der Waals surface area contributed by atoms with Crippen LogP contribution < -0.4 is 5.73 Å². The Morgan fingerprint density at radius 2 is 2.31 bits per heavy atom. The van der Waals surface area contributed by atoms with E-state index in [0.717, 1.165) is 12.8 Å². The van der Waals surface area contributed by atoms with Gasteiger partial charge < -0.3 is 10.2 Å². The van der Waals surface area contributed by atoms with E-state index in [1.54, 1.807) is 6.07 Å². The minimum absolute atomic E-state index is 0.125. The molecule has 0 aliphatic heterocycles. The first-order valence-electron chi connectivity index (χ1n) is 5.50. The third kappa shape index (κ3) is 2.07. The van der Waals surface area contributed by atoms with Crippen LogP contribution in [0.5, 0.6) is 0 Å². The van der Waals surface area contributed by atoms with Gasteiger partial charge in [0.05, 0.1) is 0 Å². The maximum Gasteiger partial charge on any atom is 0.199 e. The highest BCUT2D eigenvalue weighted by Crippen LogP contribution is 2.24. The summed E-state index contributed by atoms with van der Waals surface area (Å²) in [5.41, 5.74) is 6.84. The third-order valence-electron chi connectivity index (χ3n) is 2.64. The molecular weight excluding hydrogens is 207 g/mol. The molecule has 0 saturated heterocycles. The molecule has 0 fully saturated rings. The van der Waals surface area contributed by atoms with E-state index in [4.69, 9.17) is 10.2 Å². The zero-order valence-electron chi connectivity index (χ0n) is 9.24. The summed E-state index contributed by atoms with van der Waals surface area (Å²) in [4.78, 5) is 4.28. The van der Waals surface area contributed by atoms with E-state index < -0.39 is 0 Å². The zero-order chi connectivity index (χ0) is 11.5. The number of hydrogen-bond donors (Lipinski definition) is 1. The number of nitrogens with two attached hydrogens (primary N) is 1. The van der Waals surface area contributed by atoms with E-state index in [0.29, 0.717) is 23.5 Å². The summed E-state index contributed by atoms with van der Waals surface area (Å²) in [6.07, 6.45) is 1.96. The number of benzene rings is 1. The van der Waals surface area contributed by atoms with Gasteiger partial charge in [0.1, 0.15) is 11.3 Å². The average Bonchev–Trinajstić information content (AvgIpc) is 2.68. The molecule has 2 aromatic rings. The van der Waals surface area contributed by atoms with E-state index in [1.807, 2.05) is 0 Å². The number of hydrogen-bond acceptors (Lipinski definition) is 3. The molecule has 16 heavy (non-hydrogen) atoms. The quantitative estimate of drug-likeness (QED) is 0.865. The highest BCUT2D eigenvalue weighted by atomic mass is 19.1. The Hall–Kier alpha value is -1.42. The van der Waals surface area contributed by atoms with E-state index in [-0.39, 0.29) is 11.7 Å². The third-order valence-corrected chi connectivity index (χ3v) is 2.64. The lowest BCUT2D eigenvalue weighted by molar-refractivity contribution is 0.453. The Kier molecular flexibility index (Phi) is 3.19. The van der Waals surface area contributed by atoms with Gasteiger partial charge in [-0.15, -0.1) is 0 Å². The van der Waals surface area contributed by atoms with Gasteiger partial charge in [-0.3, -0.25) is 0 Å². The second-order valence-electron chi connectivity index (χ2n) is 3.89. The van der Waals surface area contributed by atoms with Crippen LogP contribution in [0.3, 0.4) is 0 Å². The highest BCUT2D eigenvalue weighted by molar-refractivity contribution is 5.72. The first-order chi connectivity index (χ1) is 7.74. The first kappa shape index (κ1) is 11.1. The highest BCUT2D eigenvalue weighted by Gasteiger charge is 2.16. The fourth-order valence-electron chi connectivity index (χ4n) is 1.78. The molecule has 1 unspecified atom stereocenters. The number of oxazole rings is 1. The lowest BCUT2D eigenvalue weighted by Gasteiger charge is -2.07. The van der Waals surface area contributed by atoms with Gasteiger partial charge in [0, 0.05) is 18.5 Å². The molecule has 4 heteroatoms. The van der Waals surface area contributed by atoms with Crippen LogP contribution in [0, 0.1) is 5.82 Å². The Morgan fingerprint density at radius 3 is 3.00 bits per heavy atom. The molecule has 0 radical (unpaired) electrons. The Bertz CT molecular complexity index is 481. The van der Waals surface area contributed by atoms with Gasteiger partial charge in [-0.1, -0.05) is 13.3 Å². The van der Waals surface area contributed by atoms with E-state index in [1.165, 1.54) is 12.1 Å². The predicted octanol–water partition coefficient (Wildman–Crippen LogP) is 2.81. The lowest BCUT2D eigenvalue weighted by atomic mass is 10.0. The smallest absolute Gasteiger partial charge is 0.199 e. The molecule has 1 heterocycles. The Labute approximate surface area is 93.5 Å². The lowest BCUT2D eigenvalue weighted by Crippen LogP contribution is -2.12. The molecule has 0 aliphatic rings. The maximum atomic E-state index is 13.0. The van der Waals surface area contributed by atoms with Crippen molar-refractivity contribution in [2.45, 2.75) is 25.7 Å². The molecule has 3 nitrogen and oxygen atoms in total. The van der Waals surface area contributed by atoms with Crippen LogP contribution in [-0.2, 0) is 0 Å². The van der Waals surface area contributed by atoms with Crippen molar-refractivity contribution in [2.24, 2.45) is 5.73 Å². The summed E-state index contributed by atoms with van der Waals surface area (Å²) in [5.74, 6) is 0.442. The van der Waals surface area contributed by atoms with E-state index >= 15 is 0 Å². The second kappa shape index (κ2) is 4.61. The predicted molar refractivity (Wildman–Crippen MR) is 60.7 cm³/mol. The Balaban J connectivity index is 2.37. The molecule has 1 aromatic heterocycles. The van der Waals surface area contributed by atoms with Crippen LogP contribution in [0.4, 0.5) is 4.39 Å². The maximum absolute atomic E-state index is 13.0. The summed E-state index contributed by atoms with van der Waals surface area (Å²) in [6.45, 7) is 2.59. The minimum Gasteiger partial charge on any atom is -0.440 e. The van der Waals surface area contributed by atoms with Crippen molar-refractivity contribution in [1.29, 1.82) is 0 Å². The summed E-state index contributed by atoms with van der Waals surface area (Å²) in [5, 5.41) is 0. The normalized spacial score (nSPS) is 13.2. The summed E-state index contributed by atoms with van der Waals surface area (Å²) < 4.78 is 18.5. The van der Waals surface area contributed by atoms with Crippen LogP contribution in [0.25, 0.3) is 11.1 Å². The van der Waals surface area contributed by atoms with Crippen molar-refractivity contribution in [1.82, 2.24) is 4.98 Å². The molecule has 0 amide bonds. The van der Waals surface area contributed by atoms with Crippen LogP contribution >= 0.6 is 0 Å². The molecule has 0 bridgehead atoms. The number of fused-ring (bicyclic) bond motifs is 1. The van der Waals surface area contributed by atoms with Crippen molar-refractivity contribution in [3.8, 4) is 0 Å². The fourth-order valence-corrected chi connectivity index (χ4v) is 1.78. The average molecular weight is 222 g/mol. The number of nitrogens with zero attached hydrogens (tertiary/aromatic N) is 1. The summed E-state index contributed by atoms with van der Waals surface area (Å²) in [7, 11) is 0. The van der Waals surface area contributed by atoms with Crippen molar-refractivity contribution in [3.63, 3.8) is 0 Å². The van der Waals surface area contributed by atoms with Crippen molar-refractivity contribution >= 4 is 11.1 Å². The van der Waals surface area contributed by atoms with Gasteiger partial charge in [0.25, 0.3) is 0 Å². The second-order valence-corrected chi connectivity index (χ2v) is 3.89. The first-order valence-corrected chi connectivity index (χ1v) is 5.50. The molecule has 0 spiro atoms. The van der Waals surface area contributed by atoms with E-state index in [9.17, 15) is 4.39 Å². The monoisotopic (exact) mass is 222 g/mol. The van der Waals surface area contributed by atoms with Gasteiger partial charge >= 0.3 is 0 Å². The summed E-state index contributed by atoms with van der Waals surface area (Å²) >= 11 is 0. The molecular formula is C12H15FN2O. The van der Waals surface area contributed by atoms with Crippen molar-refractivity contribution in [3.05, 3.63) is 29.9 Å². The molecule has 1 atom stereocenters. The number of aromatic nitrogens is 1. The van der Waals surface area contributed by atoms with Crippen LogP contribution in [-0.4, -0.2) is 11.5 Å². The van der Waals surface area contributed by atoms with Gasteiger partial charge in [-0.2, -0.15) is 0 Å². The largest absolute Gasteiger partial charge is 0.440 e. The SMILES string of the molecule is CCCC(CN)c1nc2cc(F)ccc2o1. The molecule has 0 saturated carbocycles. The fraction of sp³-hybridized carbons (Fsp3) is 0.417. The van der Waals surface area contributed by atoms with Gasteiger partial charge in [0.15, 0.2) is 11.5 Å².